The molecule has 148 valence electrons. The van der Waals surface area contributed by atoms with E-state index < -0.39 is 5.60 Å². The van der Waals surface area contributed by atoms with Gasteiger partial charge in [-0.3, -0.25) is 9.88 Å². The van der Waals surface area contributed by atoms with Crippen molar-refractivity contribution in [3.05, 3.63) is 53.9 Å². The molecule has 2 heterocycles. The van der Waals surface area contributed by atoms with Crippen LogP contribution in [-0.2, 0) is 17.7 Å². The second kappa shape index (κ2) is 8.29. The van der Waals surface area contributed by atoms with Crippen LogP contribution in [0.15, 0.2) is 42.7 Å². The molecule has 1 aromatic carbocycles. The van der Waals surface area contributed by atoms with Gasteiger partial charge in [-0.25, -0.2) is 9.59 Å². The molecular formula is C21H26N4O3. The molecule has 0 saturated heterocycles. The van der Waals surface area contributed by atoms with Crippen LogP contribution in [0.2, 0.25) is 0 Å². The first-order valence-corrected chi connectivity index (χ1v) is 9.39. The highest BCUT2D eigenvalue weighted by Gasteiger charge is 2.27. The Bertz CT molecular complexity index is 846. The Labute approximate surface area is 165 Å². The number of anilines is 2. The van der Waals surface area contributed by atoms with E-state index in [4.69, 9.17) is 4.74 Å². The van der Waals surface area contributed by atoms with Crippen LogP contribution in [0.25, 0.3) is 0 Å². The van der Waals surface area contributed by atoms with Gasteiger partial charge in [0.2, 0.25) is 0 Å². The molecule has 0 unspecified atom stereocenters. The summed E-state index contributed by atoms with van der Waals surface area (Å²) in [4.78, 5) is 30.3. The average Bonchev–Trinajstić information content (AvgIpc) is 2.65. The van der Waals surface area contributed by atoms with E-state index in [1.807, 2.05) is 45.0 Å². The molecule has 0 saturated carbocycles. The summed E-state index contributed by atoms with van der Waals surface area (Å²) in [7, 11) is 0. The summed E-state index contributed by atoms with van der Waals surface area (Å²) in [5.41, 5.74) is 2.93. The summed E-state index contributed by atoms with van der Waals surface area (Å²) >= 11 is 0. The minimum Gasteiger partial charge on any atom is -0.443 e. The van der Waals surface area contributed by atoms with Crippen LogP contribution in [0, 0.1) is 0 Å². The molecule has 28 heavy (non-hydrogen) atoms. The van der Waals surface area contributed by atoms with Gasteiger partial charge in [0.05, 0.1) is 5.69 Å². The van der Waals surface area contributed by atoms with Crippen molar-refractivity contribution in [2.24, 2.45) is 0 Å². The largest absolute Gasteiger partial charge is 0.443 e. The first kappa shape index (κ1) is 19.7. The van der Waals surface area contributed by atoms with Crippen LogP contribution < -0.4 is 15.5 Å². The molecule has 1 aliphatic heterocycles. The number of urea groups is 1. The van der Waals surface area contributed by atoms with Crippen molar-refractivity contribution in [1.82, 2.24) is 10.3 Å². The molecule has 0 spiro atoms. The van der Waals surface area contributed by atoms with E-state index in [1.54, 1.807) is 23.4 Å². The fraction of sp³-hybridized carbons (Fsp3) is 0.381. The topological polar surface area (TPSA) is 83.6 Å². The third-order valence-corrected chi connectivity index (χ3v) is 4.25. The maximum atomic E-state index is 12.5. The molecule has 2 N–H and O–H groups in total. The Morgan fingerprint density at radius 1 is 1.25 bits per heavy atom. The number of rotatable bonds is 3. The molecule has 0 fully saturated rings. The monoisotopic (exact) mass is 382 g/mol. The van der Waals surface area contributed by atoms with Gasteiger partial charge >= 0.3 is 12.1 Å². The van der Waals surface area contributed by atoms with Gasteiger partial charge in [0.25, 0.3) is 0 Å². The minimum absolute atomic E-state index is 0.288. The summed E-state index contributed by atoms with van der Waals surface area (Å²) in [6.07, 6.45) is 4.76. The predicted octanol–water partition coefficient (Wildman–Crippen LogP) is 4.09. The van der Waals surface area contributed by atoms with Crippen molar-refractivity contribution in [3.8, 4) is 0 Å². The van der Waals surface area contributed by atoms with Crippen LogP contribution in [0.4, 0.5) is 21.0 Å². The fourth-order valence-corrected chi connectivity index (χ4v) is 3.04. The Morgan fingerprint density at radius 3 is 2.79 bits per heavy atom. The summed E-state index contributed by atoms with van der Waals surface area (Å²) in [6, 6.07) is 9.01. The number of ether oxygens (including phenoxy) is 1. The van der Waals surface area contributed by atoms with Crippen molar-refractivity contribution in [3.63, 3.8) is 0 Å². The Hall–Kier alpha value is -3.09. The molecule has 0 radical (unpaired) electrons. The van der Waals surface area contributed by atoms with E-state index in [9.17, 15) is 9.59 Å². The third kappa shape index (κ3) is 5.22. The van der Waals surface area contributed by atoms with Gasteiger partial charge in [-0.2, -0.15) is 0 Å². The van der Waals surface area contributed by atoms with Crippen LogP contribution in [0.1, 0.15) is 38.3 Å². The number of fused-ring (bicyclic) bond motifs is 1. The van der Waals surface area contributed by atoms with Crippen LogP contribution >= 0.6 is 0 Å². The van der Waals surface area contributed by atoms with Gasteiger partial charge in [-0.15, -0.1) is 0 Å². The van der Waals surface area contributed by atoms with E-state index in [-0.39, 0.29) is 12.1 Å². The van der Waals surface area contributed by atoms with E-state index in [1.165, 1.54) is 0 Å². The maximum absolute atomic E-state index is 12.5. The molecule has 0 bridgehead atoms. The summed E-state index contributed by atoms with van der Waals surface area (Å²) < 4.78 is 5.50. The number of amides is 3. The van der Waals surface area contributed by atoms with Gasteiger partial charge in [0, 0.05) is 31.2 Å². The molecule has 7 nitrogen and oxygen atoms in total. The van der Waals surface area contributed by atoms with Crippen LogP contribution in [-0.4, -0.2) is 29.3 Å². The second-order valence-electron chi connectivity index (χ2n) is 7.75. The lowest BCUT2D eigenvalue weighted by atomic mass is 10.0. The highest BCUT2D eigenvalue weighted by molar-refractivity contribution is 5.92. The first-order chi connectivity index (χ1) is 13.3. The van der Waals surface area contributed by atoms with E-state index in [2.05, 4.69) is 15.6 Å². The lowest BCUT2D eigenvalue weighted by Crippen LogP contribution is -2.39. The molecule has 0 aliphatic carbocycles. The molecule has 1 aliphatic rings. The summed E-state index contributed by atoms with van der Waals surface area (Å²) in [6.45, 7) is 6.59. The Balaban J connectivity index is 1.64. The zero-order valence-corrected chi connectivity index (χ0v) is 16.5. The zero-order chi connectivity index (χ0) is 20.1. The Kier molecular flexibility index (Phi) is 5.82. The van der Waals surface area contributed by atoms with Gasteiger partial charge in [-0.1, -0.05) is 6.07 Å². The van der Waals surface area contributed by atoms with Gasteiger partial charge < -0.3 is 15.4 Å². The number of carbonyl (C=O) groups is 2. The van der Waals surface area contributed by atoms with Crippen molar-refractivity contribution < 1.29 is 14.3 Å². The zero-order valence-electron chi connectivity index (χ0n) is 16.5. The maximum Gasteiger partial charge on any atom is 0.414 e. The second-order valence-corrected chi connectivity index (χ2v) is 7.75. The summed E-state index contributed by atoms with van der Waals surface area (Å²) in [5, 5.41) is 5.65. The first-order valence-electron chi connectivity index (χ1n) is 9.39. The van der Waals surface area contributed by atoms with E-state index >= 15 is 0 Å². The quantitative estimate of drug-likeness (QED) is 0.837. The number of hydrogen-bond donors (Lipinski definition) is 2. The lowest BCUT2D eigenvalue weighted by molar-refractivity contribution is 0.0578. The van der Waals surface area contributed by atoms with Crippen molar-refractivity contribution in [2.45, 2.75) is 45.8 Å². The van der Waals surface area contributed by atoms with E-state index in [0.717, 1.165) is 29.7 Å². The predicted molar refractivity (Wildman–Crippen MR) is 108 cm³/mol. The van der Waals surface area contributed by atoms with Crippen molar-refractivity contribution in [1.29, 1.82) is 0 Å². The summed E-state index contributed by atoms with van der Waals surface area (Å²) in [5.74, 6) is 0. The lowest BCUT2D eigenvalue weighted by Gasteiger charge is -2.32. The van der Waals surface area contributed by atoms with Gasteiger partial charge in [0.15, 0.2) is 0 Å². The van der Waals surface area contributed by atoms with Gasteiger partial charge in [0.1, 0.15) is 5.60 Å². The molecular weight excluding hydrogens is 356 g/mol. The molecule has 3 amide bonds. The van der Waals surface area contributed by atoms with Crippen LogP contribution in [0.5, 0.6) is 0 Å². The number of aromatic nitrogens is 1. The van der Waals surface area contributed by atoms with E-state index in [0.29, 0.717) is 18.8 Å². The fourth-order valence-electron chi connectivity index (χ4n) is 3.04. The van der Waals surface area contributed by atoms with Crippen molar-refractivity contribution >= 4 is 23.5 Å². The number of aryl methyl sites for hydroxylation is 1. The highest BCUT2D eigenvalue weighted by atomic mass is 16.6. The third-order valence-electron chi connectivity index (χ3n) is 4.25. The smallest absolute Gasteiger partial charge is 0.414 e. The number of pyridine rings is 1. The Morgan fingerprint density at radius 2 is 2.07 bits per heavy atom. The molecule has 1 aromatic heterocycles. The number of benzene rings is 1. The number of nitrogens with zero attached hydrogens (tertiary/aromatic N) is 2. The average molecular weight is 382 g/mol. The molecule has 2 aromatic rings. The normalized spacial score (nSPS) is 13.5. The number of hydrogen-bond acceptors (Lipinski definition) is 4. The van der Waals surface area contributed by atoms with Gasteiger partial charge in [-0.05, 0) is 69.0 Å². The molecule has 0 atom stereocenters. The number of carbonyl (C=O) groups excluding carboxylic acids is 2. The standard InChI is InChI=1S/C21H26N4O3/c1-21(2,3)28-20(27)25-11-5-7-16-12-17(8-9-18(16)25)24-19(26)23-14-15-6-4-10-22-13-15/h4,6,8-10,12-13H,5,7,11,14H2,1-3H3,(H2,23,24,26). The highest BCUT2D eigenvalue weighted by Crippen LogP contribution is 2.30. The SMILES string of the molecule is CC(C)(C)OC(=O)N1CCCc2cc(NC(=O)NCc3cccnc3)ccc21. The molecule has 7 heteroatoms. The van der Waals surface area contributed by atoms with Crippen LogP contribution in [0.3, 0.4) is 0 Å². The number of nitrogens with one attached hydrogen (secondary N) is 2. The van der Waals surface area contributed by atoms with Crippen molar-refractivity contribution in [2.75, 3.05) is 16.8 Å². The molecule has 3 rings (SSSR count). The minimum atomic E-state index is -0.539.